The Morgan fingerprint density at radius 1 is 0.321 bits per heavy atom. The number of aliphatic imine (C=N–C) groups is 6. The van der Waals surface area contributed by atoms with Crippen LogP contribution >= 0.6 is 0 Å². The Labute approximate surface area is 453 Å². The van der Waals surface area contributed by atoms with Gasteiger partial charge < -0.3 is 118 Å². The maximum absolute atomic E-state index is 13.9. The van der Waals surface area contributed by atoms with Crippen LogP contribution in [0.25, 0.3) is 0 Å². The third-order valence-corrected chi connectivity index (χ3v) is 11.2. The van der Waals surface area contributed by atoms with Crippen molar-refractivity contribution in [2.75, 3.05) is 39.3 Å². The van der Waals surface area contributed by atoms with Gasteiger partial charge >= 0.3 is 0 Å². The average molecular weight is 1100 g/mol. The highest BCUT2D eigenvalue weighted by molar-refractivity contribution is 5.91. The number of hydrogen-bond acceptors (Lipinski definition) is 15. The van der Waals surface area contributed by atoms with Crippen LogP contribution in [-0.4, -0.2) is 147 Å². The summed E-state index contributed by atoms with van der Waals surface area (Å²) in [6.45, 7) is 0.893. The summed E-state index contributed by atoms with van der Waals surface area (Å²) >= 11 is 0. The van der Waals surface area contributed by atoms with E-state index >= 15 is 0 Å². The second kappa shape index (κ2) is 38.1. The first-order chi connectivity index (χ1) is 36.9. The van der Waals surface area contributed by atoms with Gasteiger partial charge in [-0.25, -0.2) is 0 Å². The first-order valence-corrected chi connectivity index (χ1v) is 25.3. The predicted octanol–water partition coefficient (Wildman–Crippen LogP) is -8.71. The Hall–Kier alpha value is -8.46. The van der Waals surface area contributed by atoms with Gasteiger partial charge in [-0.2, -0.15) is 0 Å². The van der Waals surface area contributed by atoms with Gasteiger partial charge in [0.25, 0.3) is 0 Å². The molecule has 0 aliphatic heterocycles. The standard InChI is InChI=1S/C45H87N27O6/c46-28(7-1-13-61-40(49)50)34(73)70-31(10-4-16-64-43(55)56)37(76)67-22-25-19-26(23-68-38(77)32(11-5-17-65-44(57)58)71-35(74)29(47)8-2-14-62-41(51)52)21-27(20-25)24-69-39(78)33(12-6-18-66-45(59)60)72-36(75)30(48)9-3-15-63-42(53)54/h19-21,28-33H,1-18,22-24,46-48H2,(H,67,76)(H,68,77)(H,69,78)(H,70,73)(H,71,74)(H,72,75)(H4,49,50,61)(H4,51,52,62)(H4,53,54,63)(H4,55,56,64)(H4,57,58,65)(H4,59,60,66). The Morgan fingerprint density at radius 3 is 0.705 bits per heavy atom. The molecule has 0 bridgehead atoms. The summed E-state index contributed by atoms with van der Waals surface area (Å²) in [7, 11) is 0. The molecule has 0 aromatic heterocycles. The molecular formula is C45H87N27O6. The molecule has 1 aromatic rings. The molecule has 0 fully saturated rings. The van der Waals surface area contributed by atoms with Crippen LogP contribution in [0.1, 0.15) is 93.7 Å². The van der Waals surface area contributed by atoms with Crippen LogP contribution in [0.3, 0.4) is 0 Å². The molecule has 78 heavy (non-hydrogen) atoms. The fourth-order valence-electron chi connectivity index (χ4n) is 7.19. The smallest absolute Gasteiger partial charge is 0.242 e. The van der Waals surface area contributed by atoms with Crippen LogP contribution in [0.15, 0.2) is 48.2 Å². The zero-order valence-corrected chi connectivity index (χ0v) is 44.3. The number of nitrogens with two attached hydrogens (primary N) is 15. The lowest BCUT2D eigenvalue weighted by Gasteiger charge is -2.22. The topological polar surface area (TPSA) is 639 Å². The maximum Gasteiger partial charge on any atom is 0.242 e. The number of nitrogens with one attached hydrogen (secondary N) is 6. The van der Waals surface area contributed by atoms with E-state index in [-0.39, 0.29) is 133 Å². The van der Waals surface area contributed by atoms with Crippen molar-refractivity contribution in [2.45, 2.75) is 133 Å². The third-order valence-electron chi connectivity index (χ3n) is 11.2. The predicted molar refractivity (Wildman–Crippen MR) is 301 cm³/mol. The van der Waals surface area contributed by atoms with Crippen molar-refractivity contribution in [2.24, 2.45) is 116 Å². The molecule has 36 N–H and O–H groups in total. The minimum absolute atomic E-state index is 0.105. The highest BCUT2D eigenvalue weighted by atomic mass is 16.2. The molecule has 0 saturated heterocycles. The minimum Gasteiger partial charge on any atom is -0.370 e. The molecule has 6 amide bonds. The molecule has 0 heterocycles. The molecule has 0 saturated carbocycles. The first kappa shape index (κ1) is 67.6. The Morgan fingerprint density at radius 2 is 0.513 bits per heavy atom. The van der Waals surface area contributed by atoms with Crippen molar-refractivity contribution in [1.82, 2.24) is 31.9 Å². The molecule has 33 nitrogen and oxygen atoms in total. The zero-order chi connectivity index (χ0) is 58.6. The van der Waals surface area contributed by atoms with Gasteiger partial charge in [-0.05, 0) is 93.7 Å². The number of hydrogen-bond donors (Lipinski definition) is 21. The molecule has 6 unspecified atom stereocenters. The lowest BCUT2D eigenvalue weighted by molar-refractivity contribution is -0.130. The van der Waals surface area contributed by atoms with Gasteiger partial charge in [0, 0.05) is 58.9 Å². The second-order valence-corrected chi connectivity index (χ2v) is 18.0. The summed E-state index contributed by atoms with van der Waals surface area (Å²) in [6, 6.07) is -1.11. The highest BCUT2D eigenvalue weighted by Crippen LogP contribution is 2.14. The Bertz CT molecular complexity index is 1980. The fourth-order valence-corrected chi connectivity index (χ4v) is 7.19. The number of benzene rings is 1. The van der Waals surface area contributed by atoms with Gasteiger partial charge in [0.05, 0.1) is 18.1 Å². The van der Waals surface area contributed by atoms with Crippen molar-refractivity contribution in [3.63, 3.8) is 0 Å². The fraction of sp³-hybridized carbons (Fsp3) is 0.600. The van der Waals surface area contributed by atoms with E-state index in [2.05, 4.69) is 61.9 Å². The quantitative estimate of drug-likeness (QED) is 0.0165. The molecule has 1 aromatic carbocycles. The van der Waals surface area contributed by atoms with Gasteiger partial charge in [-0.3, -0.25) is 58.7 Å². The van der Waals surface area contributed by atoms with Crippen molar-refractivity contribution in [3.05, 3.63) is 34.9 Å². The zero-order valence-electron chi connectivity index (χ0n) is 44.3. The van der Waals surface area contributed by atoms with E-state index in [4.69, 9.17) is 86.0 Å². The van der Waals surface area contributed by atoms with Crippen molar-refractivity contribution in [1.29, 1.82) is 0 Å². The largest absolute Gasteiger partial charge is 0.370 e. The first-order valence-electron chi connectivity index (χ1n) is 25.3. The van der Waals surface area contributed by atoms with Crippen molar-refractivity contribution >= 4 is 71.2 Å². The van der Waals surface area contributed by atoms with Crippen LogP contribution < -0.4 is 118 Å². The number of rotatable bonds is 39. The number of nitrogens with zero attached hydrogens (tertiary/aromatic N) is 6. The van der Waals surface area contributed by atoms with Crippen molar-refractivity contribution in [3.8, 4) is 0 Å². The SMILES string of the molecule is NC(N)=NCCCC(N)C(=O)NC(CCCN=C(N)N)C(=O)NCc1cc(CNC(=O)C(CCCN=C(N)N)NC(=O)C(N)CCCN=C(N)N)cc(CNC(=O)C(CCCN=C(N)N)NC(=O)C(N)CCCN=C(N)N)c1. The summed E-state index contributed by atoms with van der Waals surface area (Å²) in [6.07, 6.45) is 3.11. The number of amides is 6. The molecular weight excluding hydrogens is 1010 g/mol. The van der Waals surface area contributed by atoms with Crippen LogP contribution in [0.5, 0.6) is 0 Å². The van der Waals surface area contributed by atoms with Crippen LogP contribution in [0.2, 0.25) is 0 Å². The molecule has 438 valence electrons. The van der Waals surface area contributed by atoms with Gasteiger partial charge in [-0.15, -0.1) is 0 Å². The minimum atomic E-state index is -1.08. The van der Waals surface area contributed by atoms with Crippen LogP contribution in [-0.2, 0) is 48.4 Å². The lowest BCUT2D eigenvalue weighted by atomic mass is 10.0. The molecule has 0 aliphatic rings. The molecule has 0 aliphatic carbocycles. The van der Waals surface area contributed by atoms with E-state index in [1.165, 1.54) is 0 Å². The Kier molecular flexibility index (Phi) is 33.0. The third kappa shape index (κ3) is 32.1. The van der Waals surface area contributed by atoms with E-state index in [0.717, 1.165) is 0 Å². The average Bonchev–Trinajstić information content (AvgIpc) is 3.37. The maximum atomic E-state index is 13.9. The summed E-state index contributed by atoms with van der Waals surface area (Å²) in [5, 5.41) is 16.7. The lowest BCUT2D eigenvalue weighted by Crippen LogP contribution is -2.51. The van der Waals surface area contributed by atoms with Gasteiger partial charge in [0.2, 0.25) is 35.4 Å². The van der Waals surface area contributed by atoms with Gasteiger partial charge in [0.15, 0.2) is 35.8 Å². The summed E-state index contributed by atoms with van der Waals surface area (Å²) in [5.74, 6) is -4.26. The number of carbonyl (C=O) groups excluding carboxylic acids is 6. The van der Waals surface area contributed by atoms with Crippen LogP contribution in [0.4, 0.5) is 0 Å². The van der Waals surface area contributed by atoms with Crippen LogP contribution in [0, 0.1) is 0 Å². The molecule has 0 radical (unpaired) electrons. The van der Waals surface area contributed by atoms with Gasteiger partial charge in [-0.1, -0.05) is 18.2 Å². The van der Waals surface area contributed by atoms with Crippen molar-refractivity contribution < 1.29 is 28.8 Å². The van der Waals surface area contributed by atoms with E-state index in [1.807, 2.05) is 0 Å². The second-order valence-electron chi connectivity index (χ2n) is 18.0. The Balaban J connectivity index is 3.60. The van der Waals surface area contributed by atoms with Gasteiger partial charge in [0.1, 0.15) is 18.1 Å². The highest BCUT2D eigenvalue weighted by Gasteiger charge is 2.27. The molecule has 33 heteroatoms. The normalized spacial score (nSPS) is 13.0. The monoisotopic (exact) mass is 1100 g/mol. The number of carbonyl (C=O) groups is 6. The summed E-state index contributed by atoms with van der Waals surface area (Å²) in [4.78, 5) is 105. The molecule has 1 rings (SSSR count). The van der Waals surface area contributed by atoms with E-state index in [1.54, 1.807) is 18.2 Å². The van der Waals surface area contributed by atoms with E-state index < -0.39 is 71.7 Å². The summed E-state index contributed by atoms with van der Waals surface area (Å²) < 4.78 is 0. The molecule has 0 spiro atoms. The number of guanidine groups is 6. The summed E-state index contributed by atoms with van der Waals surface area (Å²) in [5.41, 5.74) is 85.3. The molecule has 6 atom stereocenters. The van der Waals surface area contributed by atoms with E-state index in [9.17, 15) is 28.8 Å². The van der Waals surface area contributed by atoms with E-state index in [0.29, 0.717) is 55.2 Å².